The fourth-order valence-corrected chi connectivity index (χ4v) is 0.840. The zero-order chi connectivity index (χ0) is 10.5. The van der Waals surface area contributed by atoms with Crippen LogP contribution in [0.15, 0.2) is 0 Å². The summed E-state index contributed by atoms with van der Waals surface area (Å²) < 4.78 is 5.13. The first kappa shape index (κ1) is 12.8. The first-order valence-electron chi connectivity index (χ1n) is 4.18. The summed E-state index contributed by atoms with van der Waals surface area (Å²) in [6, 6.07) is 0. The molecule has 0 aromatic heterocycles. The summed E-state index contributed by atoms with van der Waals surface area (Å²) in [5.41, 5.74) is -0.461. The Labute approximate surface area is 87.5 Å². The summed E-state index contributed by atoms with van der Waals surface area (Å²) in [7, 11) is 0. The maximum absolute atomic E-state index is 11.1. The van der Waals surface area contributed by atoms with E-state index in [1.54, 1.807) is 0 Å². The van der Waals surface area contributed by atoms with Crippen molar-refractivity contribution in [3.63, 3.8) is 0 Å². The van der Waals surface area contributed by atoms with E-state index in [0.717, 1.165) is 0 Å². The number of hydrogen-bond donors (Lipinski definition) is 2. The number of alkyl carbamates (subject to hydrolysis) is 1. The number of aliphatic hydroxyl groups is 1. The summed E-state index contributed by atoms with van der Waals surface area (Å²) in [5.74, 6) is 0. The molecule has 0 aromatic carbocycles. The van der Waals surface area contributed by atoms with Crippen LogP contribution in [-0.4, -0.2) is 46.8 Å². The summed E-state index contributed by atoms with van der Waals surface area (Å²) in [4.78, 5) is 11.1. The van der Waals surface area contributed by atoms with Crippen molar-refractivity contribution in [2.45, 2.75) is 31.1 Å². The standard InChI is InChI=1S/C8H18AsNO3/c1-8(2,3)13-7(12)10-4-6(9)5-11/h6,11H,4-5,9H2,1-3H3,(H,10,12)/t6-/m0/s1. The number of ether oxygens (including phenoxy) is 1. The molecule has 0 saturated carbocycles. The van der Waals surface area contributed by atoms with Crippen LogP contribution in [0.25, 0.3) is 0 Å². The Morgan fingerprint density at radius 2 is 2.15 bits per heavy atom. The molecule has 2 N–H and O–H groups in total. The number of nitrogens with one attached hydrogen (secondary N) is 1. The predicted molar refractivity (Wildman–Crippen MR) is 53.6 cm³/mol. The van der Waals surface area contributed by atoms with E-state index in [9.17, 15) is 4.79 Å². The van der Waals surface area contributed by atoms with Gasteiger partial charge in [-0.2, -0.15) is 0 Å². The van der Waals surface area contributed by atoms with E-state index < -0.39 is 11.7 Å². The van der Waals surface area contributed by atoms with Gasteiger partial charge in [-0.25, -0.2) is 0 Å². The Kier molecular flexibility index (Phi) is 5.41. The molecule has 0 spiro atoms. The molecule has 0 rings (SSSR count). The second-order valence-corrected chi connectivity index (χ2v) is 5.80. The van der Waals surface area contributed by atoms with Gasteiger partial charge in [0.2, 0.25) is 0 Å². The molecule has 78 valence electrons. The van der Waals surface area contributed by atoms with Crippen LogP contribution < -0.4 is 5.32 Å². The first-order valence-corrected chi connectivity index (χ1v) is 5.58. The SMILES string of the molecule is CC(C)(C)OC(=O)NC[C@H]([AsH2])CO. The number of aliphatic hydroxyl groups excluding tert-OH is 1. The van der Waals surface area contributed by atoms with Crippen LogP contribution in [0.5, 0.6) is 0 Å². The molecule has 0 radical (unpaired) electrons. The van der Waals surface area contributed by atoms with Gasteiger partial charge in [0.05, 0.1) is 0 Å². The van der Waals surface area contributed by atoms with Gasteiger partial charge in [-0.3, -0.25) is 0 Å². The minimum atomic E-state index is -0.461. The van der Waals surface area contributed by atoms with Gasteiger partial charge in [0.1, 0.15) is 0 Å². The monoisotopic (exact) mass is 251 g/mol. The Morgan fingerprint density at radius 3 is 2.54 bits per heavy atom. The van der Waals surface area contributed by atoms with Crippen molar-refractivity contribution in [3.05, 3.63) is 0 Å². The van der Waals surface area contributed by atoms with E-state index >= 15 is 0 Å². The summed E-state index contributed by atoms with van der Waals surface area (Å²) in [6.07, 6.45) is -0.427. The van der Waals surface area contributed by atoms with E-state index in [2.05, 4.69) is 5.32 Å². The van der Waals surface area contributed by atoms with Crippen LogP contribution in [0, 0.1) is 0 Å². The summed E-state index contributed by atoms with van der Waals surface area (Å²) in [6.45, 7) is 5.99. The predicted octanol–water partition coefficient (Wildman–Crippen LogP) is -0.0750. The van der Waals surface area contributed by atoms with Crippen LogP contribution in [0.1, 0.15) is 20.8 Å². The van der Waals surface area contributed by atoms with E-state index in [0.29, 0.717) is 6.54 Å². The summed E-state index contributed by atoms with van der Waals surface area (Å²) >= 11 is 1.40. The van der Waals surface area contributed by atoms with Gasteiger partial charge in [-0.05, 0) is 0 Å². The van der Waals surface area contributed by atoms with Crippen LogP contribution >= 0.6 is 0 Å². The quantitative estimate of drug-likeness (QED) is 0.690. The Balaban J connectivity index is 3.64. The number of carbonyl (C=O) groups is 1. The van der Waals surface area contributed by atoms with Crippen LogP contribution in [-0.2, 0) is 4.74 Å². The second-order valence-electron chi connectivity index (χ2n) is 3.83. The van der Waals surface area contributed by atoms with Crippen molar-refractivity contribution in [1.82, 2.24) is 5.32 Å². The third-order valence-corrected chi connectivity index (χ3v) is 2.08. The topological polar surface area (TPSA) is 58.6 Å². The van der Waals surface area contributed by atoms with Gasteiger partial charge in [-0.15, -0.1) is 0 Å². The first-order chi connectivity index (χ1) is 5.85. The van der Waals surface area contributed by atoms with Crippen LogP contribution in [0.2, 0.25) is 4.71 Å². The van der Waals surface area contributed by atoms with E-state index in [1.165, 1.54) is 16.9 Å². The van der Waals surface area contributed by atoms with Gasteiger partial charge in [0.15, 0.2) is 0 Å². The molecule has 1 unspecified atom stereocenters. The minimum absolute atomic E-state index is 0.0931. The molecule has 5 heteroatoms. The fraction of sp³-hybridized carbons (Fsp3) is 0.875. The van der Waals surface area contributed by atoms with Crippen molar-refractivity contribution in [2.24, 2.45) is 0 Å². The molecule has 0 aliphatic heterocycles. The molecule has 0 bridgehead atoms. The van der Waals surface area contributed by atoms with Crippen LogP contribution in [0.4, 0.5) is 4.79 Å². The molecule has 0 heterocycles. The molecular formula is C8H18AsNO3. The molecule has 0 aliphatic carbocycles. The third kappa shape index (κ3) is 8.13. The third-order valence-electron chi connectivity index (χ3n) is 1.14. The number of hydrogen-bond acceptors (Lipinski definition) is 3. The molecule has 0 saturated heterocycles. The molecule has 0 aliphatic rings. The van der Waals surface area contributed by atoms with Crippen molar-refractivity contribution in [3.8, 4) is 0 Å². The molecule has 2 atom stereocenters. The van der Waals surface area contributed by atoms with Crippen molar-refractivity contribution in [2.75, 3.05) is 13.2 Å². The Hall–Kier alpha value is -0.212. The molecule has 13 heavy (non-hydrogen) atoms. The Morgan fingerprint density at radius 1 is 1.62 bits per heavy atom. The average molecular weight is 251 g/mol. The number of rotatable bonds is 3. The zero-order valence-corrected chi connectivity index (χ0v) is 10.8. The molecule has 1 amide bonds. The van der Waals surface area contributed by atoms with Gasteiger partial charge >= 0.3 is 87.1 Å². The van der Waals surface area contributed by atoms with Crippen molar-refractivity contribution >= 4 is 22.9 Å². The van der Waals surface area contributed by atoms with Gasteiger partial charge in [-0.1, -0.05) is 0 Å². The molecular weight excluding hydrogens is 233 g/mol. The van der Waals surface area contributed by atoms with Crippen molar-refractivity contribution in [1.29, 1.82) is 0 Å². The van der Waals surface area contributed by atoms with Gasteiger partial charge < -0.3 is 0 Å². The van der Waals surface area contributed by atoms with E-state index in [-0.39, 0.29) is 11.3 Å². The maximum atomic E-state index is 11.1. The van der Waals surface area contributed by atoms with Gasteiger partial charge in [0, 0.05) is 0 Å². The molecule has 0 aromatic rings. The normalized spacial score (nSPS) is 13.6. The number of carbonyl (C=O) groups excluding carboxylic acids is 1. The number of amides is 1. The average Bonchev–Trinajstić information content (AvgIpc) is 1.97. The van der Waals surface area contributed by atoms with E-state index in [4.69, 9.17) is 9.84 Å². The zero-order valence-electron chi connectivity index (χ0n) is 8.33. The fourth-order valence-electron chi connectivity index (χ4n) is 0.593. The van der Waals surface area contributed by atoms with Crippen molar-refractivity contribution < 1.29 is 14.6 Å². The van der Waals surface area contributed by atoms with Crippen LogP contribution in [0.3, 0.4) is 0 Å². The van der Waals surface area contributed by atoms with E-state index in [1.807, 2.05) is 20.8 Å². The van der Waals surface area contributed by atoms with Gasteiger partial charge in [0.25, 0.3) is 0 Å². The summed E-state index contributed by atoms with van der Waals surface area (Å²) in [5, 5.41) is 11.3. The molecule has 0 fully saturated rings. The second kappa shape index (κ2) is 5.50. The Bertz CT molecular complexity index is 167. The molecule has 4 nitrogen and oxygen atoms in total.